The van der Waals surface area contributed by atoms with Crippen molar-refractivity contribution in [2.45, 2.75) is 52.0 Å². The van der Waals surface area contributed by atoms with E-state index in [-0.39, 0.29) is 23.9 Å². The molecule has 0 aliphatic rings. The first-order valence-corrected chi connectivity index (χ1v) is 9.84. The van der Waals surface area contributed by atoms with Gasteiger partial charge in [-0.1, -0.05) is 20.8 Å². The SMILES string of the molecule is CCC(C)(S(=O)(=O)CC)S(=O)(=O)CC.CCOC(C)=O. The van der Waals surface area contributed by atoms with Crippen molar-refractivity contribution in [2.75, 3.05) is 18.1 Å². The number of ether oxygens (including phenoxy) is 1. The lowest BCUT2D eigenvalue weighted by molar-refractivity contribution is -0.140. The molecule has 0 radical (unpaired) electrons. The van der Waals surface area contributed by atoms with E-state index in [4.69, 9.17) is 0 Å². The zero-order valence-corrected chi connectivity index (χ0v) is 14.7. The van der Waals surface area contributed by atoms with Crippen LogP contribution in [0.2, 0.25) is 0 Å². The molecule has 0 aromatic heterocycles. The van der Waals surface area contributed by atoms with Crippen molar-refractivity contribution in [1.29, 1.82) is 0 Å². The van der Waals surface area contributed by atoms with E-state index in [0.717, 1.165) is 0 Å². The molecule has 0 aromatic carbocycles. The predicted octanol–water partition coefficient (Wildman–Crippen LogP) is 1.55. The Morgan fingerprint density at radius 1 is 0.950 bits per heavy atom. The molecule has 0 saturated carbocycles. The number of esters is 1. The average molecular weight is 330 g/mol. The third-order valence-corrected chi connectivity index (χ3v) is 9.32. The van der Waals surface area contributed by atoms with Gasteiger partial charge in [0, 0.05) is 18.4 Å². The van der Waals surface area contributed by atoms with Crippen LogP contribution in [0.5, 0.6) is 0 Å². The van der Waals surface area contributed by atoms with Crippen molar-refractivity contribution in [3.63, 3.8) is 0 Å². The fourth-order valence-electron chi connectivity index (χ4n) is 1.45. The van der Waals surface area contributed by atoms with Gasteiger partial charge in [0.25, 0.3) is 0 Å². The third kappa shape index (κ3) is 5.40. The van der Waals surface area contributed by atoms with Crippen molar-refractivity contribution in [3.8, 4) is 0 Å². The molecule has 0 aliphatic carbocycles. The van der Waals surface area contributed by atoms with Crippen LogP contribution in [-0.2, 0) is 29.2 Å². The summed E-state index contributed by atoms with van der Waals surface area (Å²) in [6.07, 6.45) is 0.0966. The molecule has 122 valence electrons. The predicted molar refractivity (Wildman–Crippen MR) is 79.9 cm³/mol. The maximum Gasteiger partial charge on any atom is 0.302 e. The second-order valence-corrected chi connectivity index (χ2v) is 9.89. The summed E-state index contributed by atoms with van der Waals surface area (Å²) in [4.78, 5) is 9.82. The number of rotatable bonds is 6. The molecule has 6 nitrogen and oxygen atoms in total. The summed E-state index contributed by atoms with van der Waals surface area (Å²) in [6.45, 7) is 9.47. The third-order valence-electron chi connectivity index (χ3n) is 3.07. The molecule has 0 atom stereocenters. The van der Waals surface area contributed by atoms with E-state index in [1.165, 1.54) is 27.7 Å². The van der Waals surface area contributed by atoms with Crippen molar-refractivity contribution < 1.29 is 26.4 Å². The van der Waals surface area contributed by atoms with Crippen LogP contribution < -0.4 is 0 Å². The van der Waals surface area contributed by atoms with Crippen molar-refractivity contribution in [3.05, 3.63) is 0 Å². The molecule has 0 amide bonds. The summed E-state index contributed by atoms with van der Waals surface area (Å²) in [5.74, 6) is -0.495. The molecule has 8 heteroatoms. The summed E-state index contributed by atoms with van der Waals surface area (Å²) in [6, 6.07) is 0. The van der Waals surface area contributed by atoms with Crippen LogP contribution in [0.25, 0.3) is 0 Å². The molecule has 0 N–H and O–H groups in total. The summed E-state index contributed by atoms with van der Waals surface area (Å²) in [5.41, 5.74) is 0. The minimum Gasteiger partial charge on any atom is -0.466 e. The second kappa shape index (κ2) is 8.61. The van der Waals surface area contributed by atoms with Gasteiger partial charge in [-0.05, 0) is 20.3 Å². The van der Waals surface area contributed by atoms with Gasteiger partial charge in [-0.3, -0.25) is 4.79 Å². The highest BCUT2D eigenvalue weighted by atomic mass is 32.3. The first-order chi connectivity index (χ1) is 8.95. The van der Waals surface area contributed by atoms with Crippen LogP contribution in [-0.4, -0.2) is 45.0 Å². The fraction of sp³-hybridized carbons (Fsp3) is 0.917. The maximum atomic E-state index is 11.7. The Labute approximate surface area is 122 Å². The van der Waals surface area contributed by atoms with Gasteiger partial charge in [-0.15, -0.1) is 0 Å². The fourth-order valence-corrected chi connectivity index (χ4v) is 5.80. The van der Waals surface area contributed by atoms with E-state index in [9.17, 15) is 21.6 Å². The molecule has 0 saturated heterocycles. The number of carbonyl (C=O) groups excluding carboxylic acids is 1. The van der Waals surface area contributed by atoms with Gasteiger partial charge in [0.1, 0.15) is 0 Å². The zero-order valence-electron chi connectivity index (χ0n) is 13.1. The number of carbonyl (C=O) groups is 1. The molecule has 0 spiro atoms. The standard InChI is InChI=1S/C8H18O4S2.C4H8O2/c1-5-8(4,13(9,10)6-2)14(11,12)7-3;1-3-6-4(2)5/h5-7H2,1-4H3;3H2,1-2H3. The number of hydrogen-bond donors (Lipinski definition) is 0. The van der Waals surface area contributed by atoms with Crippen LogP contribution in [0.15, 0.2) is 0 Å². The average Bonchev–Trinajstić information content (AvgIpc) is 2.37. The Bertz CT molecular complexity index is 456. The largest absolute Gasteiger partial charge is 0.466 e. The number of hydrogen-bond acceptors (Lipinski definition) is 6. The first-order valence-electron chi connectivity index (χ1n) is 6.53. The summed E-state index contributed by atoms with van der Waals surface area (Å²) in [5, 5.41) is 0. The van der Waals surface area contributed by atoms with E-state index in [1.807, 2.05) is 0 Å². The molecular formula is C12H26O6S2. The maximum absolute atomic E-state index is 11.7. The number of sulfone groups is 2. The summed E-state index contributed by atoms with van der Waals surface area (Å²) >= 11 is 0. The monoisotopic (exact) mass is 330 g/mol. The summed E-state index contributed by atoms with van der Waals surface area (Å²) < 4.78 is 49.5. The minimum atomic E-state index is -3.57. The Hall–Kier alpha value is -0.630. The second-order valence-electron chi connectivity index (χ2n) is 4.22. The lowest BCUT2D eigenvalue weighted by atomic mass is 10.4. The van der Waals surface area contributed by atoms with Crippen molar-refractivity contribution in [1.82, 2.24) is 0 Å². The van der Waals surface area contributed by atoms with E-state index >= 15 is 0 Å². The Balaban J connectivity index is 0. The Kier molecular flexibility index (Phi) is 9.33. The molecule has 0 aliphatic heterocycles. The molecule has 0 heterocycles. The van der Waals surface area contributed by atoms with E-state index in [1.54, 1.807) is 13.8 Å². The van der Waals surface area contributed by atoms with Crippen LogP contribution in [0, 0.1) is 0 Å². The van der Waals surface area contributed by atoms with E-state index in [2.05, 4.69) is 4.74 Å². The Morgan fingerprint density at radius 2 is 1.30 bits per heavy atom. The smallest absolute Gasteiger partial charge is 0.302 e. The van der Waals surface area contributed by atoms with E-state index < -0.39 is 23.8 Å². The van der Waals surface area contributed by atoms with Gasteiger partial charge in [-0.2, -0.15) is 0 Å². The molecule has 0 rings (SSSR count). The van der Waals surface area contributed by atoms with Gasteiger partial charge in [0.15, 0.2) is 23.8 Å². The molecular weight excluding hydrogens is 304 g/mol. The highest BCUT2D eigenvalue weighted by Crippen LogP contribution is 2.29. The van der Waals surface area contributed by atoms with Crippen LogP contribution in [0.1, 0.15) is 48.0 Å². The topological polar surface area (TPSA) is 94.6 Å². The lowest BCUT2D eigenvalue weighted by Crippen LogP contribution is -2.44. The molecule has 20 heavy (non-hydrogen) atoms. The summed E-state index contributed by atoms with van der Waals surface area (Å²) in [7, 11) is -7.14. The van der Waals surface area contributed by atoms with Crippen molar-refractivity contribution >= 4 is 25.6 Å². The van der Waals surface area contributed by atoms with Gasteiger partial charge in [0.2, 0.25) is 0 Å². The van der Waals surface area contributed by atoms with Crippen LogP contribution in [0.4, 0.5) is 0 Å². The van der Waals surface area contributed by atoms with Crippen molar-refractivity contribution in [2.24, 2.45) is 0 Å². The molecule has 0 aromatic rings. The van der Waals surface area contributed by atoms with Gasteiger partial charge < -0.3 is 4.74 Å². The van der Waals surface area contributed by atoms with Gasteiger partial charge >= 0.3 is 5.97 Å². The normalized spacial score (nSPS) is 12.3. The van der Waals surface area contributed by atoms with Crippen LogP contribution >= 0.6 is 0 Å². The lowest BCUT2D eigenvalue weighted by Gasteiger charge is -2.26. The molecule has 0 bridgehead atoms. The first kappa shape index (κ1) is 21.7. The highest BCUT2D eigenvalue weighted by molar-refractivity contribution is 8.10. The quantitative estimate of drug-likeness (QED) is 0.686. The molecule has 0 unspecified atom stereocenters. The molecule has 0 fully saturated rings. The van der Waals surface area contributed by atoms with E-state index in [0.29, 0.717) is 6.61 Å². The van der Waals surface area contributed by atoms with Crippen LogP contribution in [0.3, 0.4) is 0 Å². The highest BCUT2D eigenvalue weighted by Gasteiger charge is 2.47. The Morgan fingerprint density at radius 3 is 1.40 bits per heavy atom. The minimum absolute atomic E-state index is 0.0966. The van der Waals surface area contributed by atoms with Gasteiger partial charge in [0.05, 0.1) is 6.61 Å². The zero-order chi connectivity index (χ0) is 16.6. The van der Waals surface area contributed by atoms with Gasteiger partial charge in [-0.25, -0.2) is 16.8 Å².